The molecule has 0 saturated heterocycles. The molecule has 2 nitrogen and oxygen atoms in total. The van der Waals surface area contributed by atoms with Gasteiger partial charge in [-0.2, -0.15) is 0 Å². The molecule has 0 unspecified atom stereocenters. The van der Waals surface area contributed by atoms with Crippen molar-refractivity contribution in [3.63, 3.8) is 0 Å². The van der Waals surface area contributed by atoms with Gasteiger partial charge in [0.25, 0.3) is 5.91 Å². The molecule has 2 radical (unpaired) electrons. The Bertz CT molecular complexity index is 233. The van der Waals surface area contributed by atoms with E-state index >= 15 is 0 Å². The van der Waals surface area contributed by atoms with Crippen molar-refractivity contribution in [1.29, 1.82) is 0 Å². The monoisotopic (exact) mass is 137 g/mol. The van der Waals surface area contributed by atoms with Gasteiger partial charge < -0.3 is 5.73 Å². The molecule has 0 bridgehead atoms. The van der Waals surface area contributed by atoms with Crippen LogP contribution in [0.2, 0.25) is 0 Å². The number of nitrogens with two attached hydrogens (primary N) is 1. The third-order valence-electron chi connectivity index (χ3n) is 0.863. The maximum Gasteiger partial charge on any atom is 0.258 e. The zero-order valence-corrected chi connectivity index (χ0v) is 5.44. The third-order valence-corrected chi connectivity index (χ3v) is 1.83. The molecule has 0 aromatic carbocycles. The number of hydrogen-bond donors (Lipinski definition) is 1. The van der Waals surface area contributed by atoms with Crippen molar-refractivity contribution in [2.24, 2.45) is 5.73 Å². The van der Waals surface area contributed by atoms with Crippen molar-refractivity contribution < 1.29 is 4.79 Å². The van der Waals surface area contributed by atoms with Gasteiger partial charge in [0.05, 0.1) is 4.88 Å². The Kier molecular flexibility index (Phi) is 1.57. The Balaban J connectivity index is 2.98. The Morgan fingerprint density at radius 3 is 2.67 bits per heavy atom. The number of primary amides is 1. The molecule has 1 amide bonds. The molecule has 44 valence electrons. The Hall–Kier alpha value is -0.765. The van der Waals surface area contributed by atoms with Crippen molar-refractivity contribution in [2.45, 2.75) is 0 Å². The van der Waals surface area contributed by atoms with Crippen molar-refractivity contribution in [3.05, 3.63) is 16.3 Å². The van der Waals surface area contributed by atoms with Gasteiger partial charge in [0, 0.05) is 0 Å². The largest absolute Gasteiger partial charge is 0.365 e. The second kappa shape index (κ2) is 2.23. The fraction of sp³-hybridized carbons (Fsp3) is 0. The standard InChI is InChI=1S/C5H4BNOS/c6-3-1-4(5(7)8)9-2-3/h1-2H,(H2,7,8). The molecule has 0 aliphatic carbocycles. The Morgan fingerprint density at radius 1 is 1.78 bits per heavy atom. The highest BCUT2D eigenvalue weighted by atomic mass is 32.1. The zero-order valence-electron chi connectivity index (χ0n) is 4.63. The van der Waals surface area contributed by atoms with Crippen LogP contribution in [0.15, 0.2) is 11.4 Å². The molecule has 0 atom stereocenters. The van der Waals surface area contributed by atoms with Gasteiger partial charge in [-0.1, -0.05) is 5.46 Å². The molecule has 1 heterocycles. The van der Waals surface area contributed by atoms with E-state index in [0.29, 0.717) is 10.3 Å². The molecular weight excluding hydrogens is 133 g/mol. The van der Waals surface area contributed by atoms with Crippen LogP contribution >= 0.6 is 11.3 Å². The van der Waals surface area contributed by atoms with Crippen LogP contribution in [0.4, 0.5) is 0 Å². The third kappa shape index (κ3) is 1.32. The van der Waals surface area contributed by atoms with Gasteiger partial charge in [0.2, 0.25) is 0 Å². The normalized spacial score (nSPS) is 9.33. The lowest BCUT2D eigenvalue weighted by atomic mass is 10.0. The van der Waals surface area contributed by atoms with Crippen LogP contribution in [-0.4, -0.2) is 13.8 Å². The van der Waals surface area contributed by atoms with Crippen LogP contribution in [0.3, 0.4) is 0 Å². The first kappa shape index (κ1) is 6.36. The number of amides is 1. The Labute approximate surface area is 58.1 Å². The first-order valence-corrected chi connectivity index (χ1v) is 3.22. The Morgan fingerprint density at radius 2 is 2.44 bits per heavy atom. The van der Waals surface area contributed by atoms with E-state index in [1.165, 1.54) is 11.3 Å². The van der Waals surface area contributed by atoms with Crippen molar-refractivity contribution >= 4 is 30.6 Å². The fourth-order valence-corrected chi connectivity index (χ4v) is 1.13. The molecule has 2 N–H and O–H groups in total. The maximum absolute atomic E-state index is 10.4. The van der Waals surface area contributed by atoms with E-state index in [9.17, 15) is 4.79 Å². The summed E-state index contributed by atoms with van der Waals surface area (Å²) < 4.78 is 0. The van der Waals surface area contributed by atoms with E-state index in [0.717, 1.165) is 0 Å². The SMILES string of the molecule is [B]c1csc(C(N)=O)c1. The van der Waals surface area contributed by atoms with Crippen molar-refractivity contribution in [2.75, 3.05) is 0 Å². The van der Waals surface area contributed by atoms with E-state index < -0.39 is 5.91 Å². The molecule has 1 aromatic rings. The quantitative estimate of drug-likeness (QED) is 0.527. The minimum Gasteiger partial charge on any atom is -0.365 e. The van der Waals surface area contributed by atoms with Gasteiger partial charge in [0.15, 0.2) is 0 Å². The zero-order chi connectivity index (χ0) is 6.85. The second-order valence-electron chi connectivity index (χ2n) is 1.61. The van der Waals surface area contributed by atoms with Crippen LogP contribution in [0.1, 0.15) is 9.67 Å². The summed E-state index contributed by atoms with van der Waals surface area (Å²) in [4.78, 5) is 10.9. The lowest BCUT2D eigenvalue weighted by molar-refractivity contribution is 0.100. The summed E-state index contributed by atoms with van der Waals surface area (Å²) >= 11 is 1.26. The average molecular weight is 137 g/mol. The van der Waals surface area contributed by atoms with E-state index in [1.807, 2.05) is 0 Å². The lowest BCUT2D eigenvalue weighted by Crippen LogP contribution is -2.09. The fourth-order valence-electron chi connectivity index (χ4n) is 0.480. The molecule has 0 spiro atoms. The molecule has 0 saturated carbocycles. The number of thiophene rings is 1. The van der Waals surface area contributed by atoms with Gasteiger partial charge in [0.1, 0.15) is 7.85 Å². The van der Waals surface area contributed by atoms with Gasteiger partial charge in [-0.15, -0.1) is 11.3 Å². The molecule has 1 rings (SSSR count). The summed E-state index contributed by atoms with van der Waals surface area (Å²) in [6.07, 6.45) is 0. The van der Waals surface area contributed by atoms with E-state index in [4.69, 9.17) is 13.6 Å². The predicted molar refractivity (Wildman–Crippen MR) is 38.2 cm³/mol. The maximum atomic E-state index is 10.4. The van der Waals surface area contributed by atoms with E-state index in [-0.39, 0.29) is 0 Å². The number of carbonyl (C=O) groups excluding carboxylic acids is 1. The number of carbonyl (C=O) groups is 1. The number of hydrogen-bond acceptors (Lipinski definition) is 2. The summed E-state index contributed by atoms with van der Waals surface area (Å²) in [6, 6.07) is 1.56. The summed E-state index contributed by atoms with van der Waals surface area (Å²) in [5, 5.41) is 1.68. The summed E-state index contributed by atoms with van der Waals surface area (Å²) in [5.41, 5.74) is 5.53. The predicted octanol–water partition coefficient (Wildman–Crippen LogP) is -0.359. The summed E-state index contributed by atoms with van der Waals surface area (Å²) in [6.45, 7) is 0. The molecular formula is C5H4BNOS. The molecule has 0 fully saturated rings. The van der Waals surface area contributed by atoms with Gasteiger partial charge in [-0.05, 0) is 11.4 Å². The highest BCUT2D eigenvalue weighted by molar-refractivity contribution is 7.13. The molecule has 4 heteroatoms. The molecule has 9 heavy (non-hydrogen) atoms. The van der Waals surface area contributed by atoms with Crippen LogP contribution in [0, 0.1) is 0 Å². The van der Waals surface area contributed by atoms with Gasteiger partial charge in [-0.25, -0.2) is 0 Å². The van der Waals surface area contributed by atoms with Crippen molar-refractivity contribution in [3.8, 4) is 0 Å². The summed E-state index contributed by atoms with van der Waals surface area (Å²) in [5.74, 6) is -0.420. The minimum atomic E-state index is -0.420. The van der Waals surface area contributed by atoms with E-state index in [2.05, 4.69) is 0 Å². The van der Waals surface area contributed by atoms with E-state index in [1.54, 1.807) is 11.4 Å². The topological polar surface area (TPSA) is 43.1 Å². The van der Waals surface area contributed by atoms with Crippen LogP contribution < -0.4 is 11.2 Å². The lowest BCUT2D eigenvalue weighted by Gasteiger charge is -1.81. The minimum absolute atomic E-state index is 0.420. The highest BCUT2D eigenvalue weighted by Crippen LogP contribution is 2.03. The highest BCUT2D eigenvalue weighted by Gasteiger charge is 1.99. The number of rotatable bonds is 1. The molecule has 1 aromatic heterocycles. The smallest absolute Gasteiger partial charge is 0.258 e. The molecule has 0 aliphatic rings. The molecule has 0 aliphatic heterocycles. The van der Waals surface area contributed by atoms with Crippen LogP contribution in [-0.2, 0) is 0 Å². The van der Waals surface area contributed by atoms with Gasteiger partial charge in [-0.3, -0.25) is 4.79 Å². The average Bonchev–Trinajstić information content (AvgIpc) is 2.14. The second-order valence-corrected chi connectivity index (χ2v) is 2.52. The first-order valence-electron chi connectivity index (χ1n) is 2.34. The summed E-state index contributed by atoms with van der Waals surface area (Å²) in [7, 11) is 5.32. The van der Waals surface area contributed by atoms with Crippen LogP contribution in [0.25, 0.3) is 0 Å². The van der Waals surface area contributed by atoms with Crippen molar-refractivity contribution in [1.82, 2.24) is 0 Å². The van der Waals surface area contributed by atoms with Gasteiger partial charge >= 0.3 is 0 Å². The first-order chi connectivity index (χ1) is 4.20. The van der Waals surface area contributed by atoms with Crippen LogP contribution in [0.5, 0.6) is 0 Å².